The molecule has 1 aromatic heterocycles. The van der Waals surface area contributed by atoms with Gasteiger partial charge in [0.05, 0.1) is 18.0 Å². The number of esters is 1. The van der Waals surface area contributed by atoms with Gasteiger partial charge >= 0.3 is 5.97 Å². The highest BCUT2D eigenvalue weighted by Gasteiger charge is 2.29. The summed E-state index contributed by atoms with van der Waals surface area (Å²) in [5.74, 6) is 0.794. The van der Waals surface area contributed by atoms with Crippen LogP contribution < -0.4 is 10.2 Å². The Morgan fingerprint density at radius 2 is 2.07 bits per heavy atom. The molecule has 1 aliphatic heterocycles. The molecule has 0 radical (unpaired) electrons. The van der Waals surface area contributed by atoms with Gasteiger partial charge in [0.25, 0.3) is 0 Å². The quantitative estimate of drug-likeness (QED) is 0.693. The first-order valence-corrected chi connectivity index (χ1v) is 11.3. The lowest BCUT2D eigenvalue weighted by Crippen LogP contribution is -2.40. The molecule has 2 heterocycles. The highest BCUT2D eigenvalue weighted by molar-refractivity contribution is 6.31. The van der Waals surface area contributed by atoms with E-state index in [0.29, 0.717) is 24.2 Å². The molecule has 1 atom stereocenters. The van der Waals surface area contributed by atoms with Crippen LogP contribution in [0, 0.1) is 5.92 Å². The van der Waals surface area contributed by atoms with Crippen molar-refractivity contribution in [1.82, 2.24) is 10.3 Å². The number of nitrogens with zero attached hydrogens (tertiary/aromatic N) is 2. The van der Waals surface area contributed by atoms with Crippen molar-refractivity contribution in [2.45, 2.75) is 58.0 Å². The molecular formula is C23H30ClN3O2. The van der Waals surface area contributed by atoms with Crippen LogP contribution in [-0.2, 0) is 16.1 Å². The minimum Gasteiger partial charge on any atom is -0.466 e. The number of aromatic nitrogens is 1. The lowest BCUT2D eigenvalue weighted by molar-refractivity contribution is -0.148. The maximum atomic E-state index is 12.3. The van der Waals surface area contributed by atoms with E-state index in [9.17, 15) is 4.79 Å². The first kappa shape index (κ1) is 20.4. The Hall–Kier alpha value is -1.85. The lowest BCUT2D eigenvalue weighted by atomic mass is 9.97. The zero-order chi connectivity index (χ0) is 20.2. The summed E-state index contributed by atoms with van der Waals surface area (Å²) in [6.07, 6.45) is 6.97. The molecule has 1 saturated carbocycles. The van der Waals surface area contributed by atoms with Crippen LogP contribution in [0.4, 0.5) is 5.82 Å². The van der Waals surface area contributed by atoms with Crippen LogP contribution in [0.5, 0.6) is 0 Å². The number of halogens is 1. The van der Waals surface area contributed by atoms with E-state index in [-0.39, 0.29) is 11.9 Å². The van der Waals surface area contributed by atoms with Gasteiger partial charge in [-0.2, -0.15) is 0 Å². The van der Waals surface area contributed by atoms with Gasteiger partial charge in [0.15, 0.2) is 0 Å². The molecule has 2 aliphatic rings. The molecule has 4 rings (SSSR count). The van der Waals surface area contributed by atoms with E-state index in [0.717, 1.165) is 42.7 Å². The molecule has 1 N–H and O–H groups in total. The number of carbonyl (C=O) groups is 1. The van der Waals surface area contributed by atoms with E-state index in [1.807, 2.05) is 25.1 Å². The van der Waals surface area contributed by atoms with Crippen molar-refractivity contribution in [3.8, 4) is 0 Å². The van der Waals surface area contributed by atoms with E-state index < -0.39 is 0 Å². The molecule has 0 bridgehead atoms. The van der Waals surface area contributed by atoms with Crippen molar-refractivity contribution in [2.75, 3.05) is 24.6 Å². The maximum Gasteiger partial charge on any atom is 0.310 e. The molecule has 0 unspecified atom stereocenters. The number of carbonyl (C=O) groups excluding carboxylic acids is 1. The number of hydrogen-bond acceptors (Lipinski definition) is 5. The summed E-state index contributed by atoms with van der Waals surface area (Å²) >= 11 is 6.22. The van der Waals surface area contributed by atoms with Crippen LogP contribution in [-0.4, -0.2) is 36.7 Å². The van der Waals surface area contributed by atoms with Gasteiger partial charge in [0.2, 0.25) is 0 Å². The van der Waals surface area contributed by atoms with Crippen LogP contribution in [0.25, 0.3) is 10.9 Å². The Labute approximate surface area is 177 Å². The van der Waals surface area contributed by atoms with E-state index in [1.54, 1.807) is 0 Å². The third-order valence-electron chi connectivity index (χ3n) is 6.11. The number of fused-ring (bicyclic) bond motifs is 1. The lowest BCUT2D eigenvalue weighted by Gasteiger charge is -2.34. The van der Waals surface area contributed by atoms with Crippen LogP contribution in [0.3, 0.4) is 0 Å². The summed E-state index contributed by atoms with van der Waals surface area (Å²) in [4.78, 5) is 19.6. The number of benzene rings is 1. The summed E-state index contributed by atoms with van der Waals surface area (Å²) in [6.45, 7) is 4.66. The number of ether oxygens (including phenoxy) is 1. The second kappa shape index (κ2) is 9.31. The maximum absolute atomic E-state index is 12.3. The van der Waals surface area contributed by atoms with Gasteiger partial charge in [-0.15, -0.1) is 0 Å². The minimum atomic E-state index is -0.0911. The van der Waals surface area contributed by atoms with Crippen molar-refractivity contribution < 1.29 is 9.53 Å². The number of pyridine rings is 1. The number of piperidine rings is 1. The van der Waals surface area contributed by atoms with Crippen molar-refractivity contribution in [2.24, 2.45) is 5.92 Å². The fraction of sp³-hybridized carbons (Fsp3) is 0.565. The van der Waals surface area contributed by atoms with Crippen LogP contribution in [0.15, 0.2) is 24.3 Å². The van der Waals surface area contributed by atoms with Crippen molar-refractivity contribution in [3.05, 3.63) is 34.9 Å². The van der Waals surface area contributed by atoms with E-state index >= 15 is 0 Å². The standard InChI is InChI=1S/C23H30ClN3O2/c1-2-29-23(28)17-6-5-11-27(15-17)22-18(14-25-20-7-3-4-8-20)12-16-9-10-19(24)13-21(16)26-22/h9-10,12-13,17,20,25H,2-8,11,14-15H2,1H3/t17-/m1/s1. The van der Waals surface area contributed by atoms with Gasteiger partial charge in [-0.05, 0) is 50.8 Å². The molecule has 0 spiro atoms. The van der Waals surface area contributed by atoms with Crippen LogP contribution in [0.2, 0.25) is 5.02 Å². The number of rotatable bonds is 6. The average molecular weight is 416 g/mol. The Balaban J connectivity index is 1.62. The van der Waals surface area contributed by atoms with E-state index in [2.05, 4.69) is 16.3 Å². The van der Waals surface area contributed by atoms with Crippen LogP contribution >= 0.6 is 11.6 Å². The van der Waals surface area contributed by atoms with Crippen molar-refractivity contribution in [3.63, 3.8) is 0 Å². The first-order valence-electron chi connectivity index (χ1n) is 10.9. The molecule has 29 heavy (non-hydrogen) atoms. The summed E-state index contributed by atoms with van der Waals surface area (Å²) < 4.78 is 5.28. The van der Waals surface area contributed by atoms with Gasteiger partial charge in [0.1, 0.15) is 5.82 Å². The minimum absolute atomic E-state index is 0.0869. The molecule has 1 aromatic carbocycles. The fourth-order valence-electron chi connectivity index (χ4n) is 4.58. The number of nitrogens with one attached hydrogen (secondary N) is 1. The van der Waals surface area contributed by atoms with E-state index in [4.69, 9.17) is 21.3 Å². The van der Waals surface area contributed by atoms with E-state index in [1.165, 1.54) is 31.2 Å². The second-order valence-corrected chi connectivity index (χ2v) is 8.64. The predicted molar refractivity (Wildman–Crippen MR) is 117 cm³/mol. The molecule has 5 nitrogen and oxygen atoms in total. The topological polar surface area (TPSA) is 54.5 Å². The summed E-state index contributed by atoms with van der Waals surface area (Å²) in [6, 6.07) is 8.69. The van der Waals surface area contributed by atoms with Gasteiger partial charge < -0.3 is 15.0 Å². The number of hydrogen-bond donors (Lipinski definition) is 1. The van der Waals surface area contributed by atoms with Gasteiger partial charge in [0, 0.05) is 41.6 Å². The highest BCUT2D eigenvalue weighted by Crippen LogP contribution is 2.30. The highest BCUT2D eigenvalue weighted by atomic mass is 35.5. The zero-order valence-electron chi connectivity index (χ0n) is 17.1. The monoisotopic (exact) mass is 415 g/mol. The largest absolute Gasteiger partial charge is 0.466 e. The molecule has 6 heteroatoms. The molecular weight excluding hydrogens is 386 g/mol. The Morgan fingerprint density at radius 3 is 2.86 bits per heavy atom. The molecule has 0 amide bonds. The smallest absolute Gasteiger partial charge is 0.310 e. The summed E-state index contributed by atoms with van der Waals surface area (Å²) in [7, 11) is 0. The SMILES string of the molecule is CCOC(=O)[C@@H]1CCCN(c2nc3cc(Cl)ccc3cc2CNC2CCCC2)C1. The van der Waals surface area contributed by atoms with Gasteiger partial charge in [-0.3, -0.25) is 4.79 Å². The zero-order valence-corrected chi connectivity index (χ0v) is 17.9. The summed E-state index contributed by atoms with van der Waals surface area (Å²) in [5.41, 5.74) is 2.09. The van der Waals surface area contributed by atoms with Crippen LogP contribution in [0.1, 0.15) is 51.0 Å². The summed E-state index contributed by atoms with van der Waals surface area (Å²) in [5, 5.41) is 5.51. The third-order valence-corrected chi connectivity index (χ3v) is 6.35. The third kappa shape index (κ3) is 4.84. The molecule has 1 aliphatic carbocycles. The van der Waals surface area contributed by atoms with Crippen molar-refractivity contribution >= 4 is 34.3 Å². The Morgan fingerprint density at radius 1 is 1.24 bits per heavy atom. The molecule has 2 aromatic rings. The number of anilines is 1. The average Bonchev–Trinajstić information content (AvgIpc) is 3.25. The molecule has 1 saturated heterocycles. The van der Waals surface area contributed by atoms with Crippen molar-refractivity contribution in [1.29, 1.82) is 0 Å². The Bertz CT molecular complexity index is 867. The van der Waals surface area contributed by atoms with Gasteiger partial charge in [-0.25, -0.2) is 4.98 Å². The molecule has 156 valence electrons. The predicted octanol–water partition coefficient (Wildman–Crippen LogP) is 4.70. The Kier molecular flexibility index (Phi) is 6.56. The molecule has 2 fully saturated rings. The fourth-order valence-corrected chi connectivity index (χ4v) is 4.75. The first-order chi connectivity index (χ1) is 14.1. The normalized spacial score (nSPS) is 20.3. The second-order valence-electron chi connectivity index (χ2n) is 8.21. The van der Waals surface area contributed by atoms with Gasteiger partial charge in [-0.1, -0.05) is 30.5 Å².